The molecule has 2 aromatic rings. The van der Waals surface area contributed by atoms with E-state index >= 15 is 0 Å². The van der Waals surface area contributed by atoms with Crippen LogP contribution in [0.4, 0.5) is 0 Å². The summed E-state index contributed by atoms with van der Waals surface area (Å²) < 4.78 is 0. The van der Waals surface area contributed by atoms with Gasteiger partial charge in [0.25, 0.3) is 0 Å². The van der Waals surface area contributed by atoms with Crippen molar-refractivity contribution in [2.75, 3.05) is 0 Å². The normalized spacial score (nSPS) is 12.3. The van der Waals surface area contributed by atoms with Crippen LogP contribution in [0.2, 0.25) is 0 Å². The molecule has 0 amide bonds. The number of para-hydroxylation sites is 1. The van der Waals surface area contributed by atoms with E-state index < -0.39 is 0 Å². The molecule has 0 bridgehead atoms. The monoisotopic (exact) mass is 256 g/mol. The highest BCUT2D eigenvalue weighted by Gasteiger charge is 2.10. The van der Waals surface area contributed by atoms with Gasteiger partial charge in [0.2, 0.25) is 0 Å². The van der Waals surface area contributed by atoms with Crippen molar-refractivity contribution in [2.24, 2.45) is 0 Å². The molecule has 2 rings (SSSR count). The predicted octanol–water partition coefficient (Wildman–Crippen LogP) is 3.20. The average molecular weight is 256 g/mol. The summed E-state index contributed by atoms with van der Waals surface area (Å²) in [6.45, 7) is 4.89. The van der Waals surface area contributed by atoms with Crippen LogP contribution in [-0.4, -0.2) is 10.1 Å². The maximum atomic E-state index is 9.82. The van der Waals surface area contributed by atoms with E-state index in [1.165, 1.54) is 5.56 Å². The fourth-order valence-corrected chi connectivity index (χ4v) is 2.17. The lowest BCUT2D eigenvalue weighted by atomic mass is 10.1. The molecular weight excluding hydrogens is 236 g/mol. The van der Waals surface area contributed by atoms with Crippen LogP contribution in [-0.2, 0) is 13.0 Å². The van der Waals surface area contributed by atoms with Gasteiger partial charge in [0.15, 0.2) is 0 Å². The van der Waals surface area contributed by atoms with Gasteiger partial charge in [-0.3, -0.25) is 4.98 Å². The SMILES string of the molecule is CCc1cccnc1CNC(C)c1ccccc1O. The molecule has 3 heteroatoms. The Kier molecular flexibility index (Phi) is 4.53. The quantitative estimate of drug-likeness (QED) is 0.863. The molecule has 0 fully saturated rings. The summed E-state index contributed by atoms with van der Waals surface area (Å²) in [4.78, 5) is 4.41. The van der Waals surface area contributed by atoms with Gasteiger partial charge >= 0.3 is 0 Å². The first-order valence-electron chi connectivity index (χ1n) is 6.66. The second kappa shape index (κ2) is 6.34. The van der Waals surface area contributed by atoms with E-state index in [0.717, 1.165) is 17.7 Å². The molecule has 1 atom stereocenters. The minimum Gasteiger partial charge on any atom is -0.508 e. The Bertz CT molecular complexity index is 540. The summed E-state index contributed by atoms with van der Waals surface area (Å²) in [6.07, 6.45) is 2.80. The van der Waals surface area contributed by atoms with Gasteiger partial charge in [-0.25, -0.2) is 0 Å². The molecule has 0 saturated heterocycles. The van der Waals surface area contributed by atoms with Crippen LogP contribution in [0.3, 0.4) is 0 Å². The number of phenols is 1. The first-order chi connectivity index (χ1) is 9.22. The zero-order chi connectivity index (χ0) is 13.7. The third kappa shape index (κ3) is 3.32. The summed E-state index contributed by atoms with van der Waals surface area (Å²) in [6, 6.07) is 11.6. The van der Waals surface area contributed by atoms with Gasteiger partial charge in [0, 0.05) is 24.3 Å². The van der Waals surface area contributed by atoms with E-state index in [2.05, 4.69) is 23.3 Å². The zero-order valence-corrected chi connectivity index (χ0v) is 11.4. The van der Waals surface area contributed by atoms with Crippen LogP contribution in [0.25, 0.3) is 0 Å². The van der Waals surface area contributed by atoms with E-state index in [1.807, 2.05) is 37.4 Å². The highest BCUT2D eigenvalue weighted by Crippen LogP contribution is 2.23. The van der Waals surface area contributed by atoms with Crippen LogP contribution < -0.4 is 5.32 Å². The number of phenolic OH excluding ortho intramolecular Hbond substituents is 1. The number of nitrogens with one attached hydrogen (secondary N) is 1. The molecule has 100 valence electrons. The van der Waals surface area contributed by atoms with Gasteiger partial charge in [-0.2, -0.15) is 0 Å². The summed E-state index contributed by atoms with van der Waals surface area (Å²) in [7, 11) is 0. The van der Waals surface area contributed by atoms with Crippen molar-refractivity contribution in [3.8, 4) is 5.75 Å². The predicted molar refractivity (Wildman–Crippen MR) is 77.0 cm³/mol. The Hall–Kier alpha value is -1.87. The van der Waals surface area contributed by atoms with Crippen molar-refractivity contribution < 1.29 is 5.11 Å². The standard InChI is InChI=1S/C16H20N2O/c1-3-13-7-6-10-17-15(13)11-18-12(2)14-8-4-5-9-16(14)19/h4-10,12,18-19H,3,11H2,1-2H3. The molecule has 3 nitrogen and oxygen atoms in total. The van der Waals surface area contributed by atoms with Crippen LogP contribution in [0.1, 0.15) is 36.7 Å². The fraction of sp³-hybridized carbons (Fsp3) is 0.312. The Balaban J connectivity index is 2.04. The van der Waals surface area contributed by atoms with Gasteiger partial charge < -0.3 is 10.4 Å². The number of aromatic nitrogens is 1. The molecule has 1 heterocycles. The minimum absolute atomic E-state index is 0.0907. The number of benzene rings is 1. The van der Waals surface area contributed by atoms with Crippen molar-refractivity contribution in [1.29, 1.82) is 0 Å². The number of nitrogens with zero attached hydrogens (tertiary/aromatic N) is 1. The number of rotatable bonds is 5. The summed E-state index contributed by atoms with van der Waals surface area (Å²) in [5.41, 5.74) is 3.25. The average Bonchev–Trinajstić information content (AvgIpc) is 2.45. The van der Waals surface area contributed by atoms with Gasteiger partial charge in [0.1, 0.15) is 5.75 Å². The van der Waals surface area contributed by atoms with E-state index in [0.29, 0.717) is 12.3 Å². The van der Waals surface area contributed by atoms with Crippen LogP contribution >= 0.6 is 0 Å². The van der Waals surface area contributed by atoms with Crippen molar-refractivity contribution in [1.82, 2.24) is 10.3 Å². The van der Waals surface area contributed by atoms with Gasteiger partial charge in [-0.15, -0.1) is 0 Å². The van der Waals surface area contributed by atoms with Crippen LogP contribution in [0.5, 0.6) is 5.75 Å². The first-order valence-corrected chi connectivity index (χ1v) is 6.66. The molecule has 0 saturated carbocycles. The highest BCUT2D eigenvalue weighted by molar-refractivity contribution is 5.34. The number of pyridine rings is 1. The molecule has 0 spiro atoms. The van der Waals surface area contributed by atoms with E-state index in [1.54, 1.807) is 6.07 Å². The molecule has 1 unspecified atom stereocenters. The van der Waals surface area contributed by atoms with Crippen molar-refractivity contribution >= 4 is 0 Å². The Morgan fingerprint density at radius 1 is 1.21 bits per heavy atom. The van der Waals surface area contributed by atoms with Gasteiger partial charge in [-0.1, -0.05) is 31.2 Å². The number of aromatic hydroxyl groups is 1. The van der Waals surface area contributed by atoms with E-state index in [9.17, 15) is 5.11 Å². The molecule has 0 aliphatic rings. The molecule has 0 radical (unpaired) electrons. The summed E-state index contributed by atoms with van der Waals surface area (Å²) in [5.74, 6) is 0.333. The zero-order valence-electron chi connectivity index (χ0n) is 11.4. The van der Waals surface area contributed by atoms with E-state index in [-0.39, 0.29) is 6.04 Å². The third-order valence-corrected chi connectivity index (χ3v) is 3.34. The minimum atomic E-state index is 0.0907. The lowest BCUT2D eigenvalue weighted by Crippen LogP contribution is -2.19. The Morgan fingerprint density at radius 2 is 2.00 bits per heavy atom. The second-order valence-electron chi connectivity index (χ2n) is 4.62. The first kappa shape index (κ1) is 13.6. The van der Waals surface area contributed by atoms with Gasteiger partial charge in [-0.05, 0) is 31.0 Å². The number of aryl methyl sites for hydroxylation is 1. The molecule has 0 aliphatic heterocycles. The maximum Gasteiger partial charge on any atom is 0.120 e. The number of hydrogen-bond acceptors (Lipinski definition) is 3. The molecule has 1 aromatic carbocycles. The van der Waals surface area contributed by atoms with Crippen molar-refractivity contribution in [3.05, 3.63) is 59.4 Å². The molecule has 19 heavy (non-hydrogen) atoms. The molecule has 1 aromatic heterocycles. The smallest absolute Gasteiger partial charge is 0.120 e. The number of hydrogen-bond donors (Lipinski definition) is 2. The van der Waals surface area contributed by atoms with Crippen molar-refractivity contribution in [2.45, 2.75) is 32.9 Å². The third-order valence-electron chi connectivity index (χ3n) is 3.34. The lowest BCUT2D eigenvalue weighted by Gasteiger charge is -2.16. The lowest BCUT2D eigenvalue weighted by molar-refractivity contribution is 0.451. The fourth-order valence-electron chi connectivity index (χ4n) is 2.17. The van der Waals surface area contributed by atoms with E-state index in [4.69, 9.17) is 0 Å². The van der Waals surface area contributed by atoms with Crippen LogP contribution in [0.15, 0.2) is 42.6 Å². The van der Waals surface area contributed by atoms with Gasteiger partial charge in [0.05, 0.1) is 5.69 Å². The largest absolute Gasteiger partial charge is 0.508 e. The second-order valence-corrected chi connectivity index (χ2v) is 4.62. The summed E-state index contributed by atoms with van der Waals surface area (Å²) >= 11 is 0. The topological polar surface area (TPSA) is 45.2 Å². The maximum absolute atomic E-state index is 9.82. The van der Waals surface area contributed by atoms with Crippen molar-refractivity contribution in [3.63, 3.8) is 0 Å². The molecular formula is C16H20N2O. The Morgan fingerprint density at radius 3 is 2.74 bits per heavy atom. The highest BCUT2D eigenvalue weighted by atomic mass is 16.3. The summed E-state index contributed by atoms with van der Waals surface area (Å²) in [5, 5.41) is 13.2. The van der Waals surface area contributed by atoms with Crippen LogP contribution in [0, 0.1) is 0 Å². The molecule has 2 N–H and O–H groups in total. The molecule has 0 aliphatic carbocycles. The Labute approximate surface area is 114 Å².